The van der Waals surface area contributed by atoms with Crippen LogP contribution in [0.25, 0.3) is 0 Å². The summed E-state index contributed by atoms with van der Waals surface area (Å²) in [7, 11) is 0. The van der Waals surface area contributed by atoms with Gasteiger partial charge in [0, 0.05) is 23.2 Å². The molecular weight excluding hydrogens is 170 g/mol. The Balaban J connectivity index is 2.42. The van der Waals surface area contributed by atoms with Crippen molar-refractivity contribution in [3.8, 4) is 0 Å². The van der Waals surface area contributed by atoms with Gasteiger partial charge in [0.25, 0.3) is 0 Å². The molecule has 62 valence electrons. The highest BCUT2D eigenvalue weighted by Crippen LogP contribution is 2.22. The number of hydrogen-bond donors (Lipinski definition) is 0. The zero-order valence-corrected chi connectivity index (χ0v) is 7.43. The normalized spacial score (nSPS) is 15.3. The number of pyridine rings is 1. The summed E-state index contributed by atoms with van der Waals surface area (Å²) in [5.74, 6) is 2.16. The molecule has 2 nitrogen and oxygen atoms in total. The summed E-state index contributed by atoms with van der Waals surface area (Å²) >= 11 is 1.90. The maximum Gasteiger partial charge on any atom is 0.151 e. The average Bonchev–Trinajstić information content (AvgIpc) is 2.17. The number of nitrogens with zero attached hydrogens (tertiary/aromatic N) is 1. The van der Waals surface area contributed by atoms with Crippen LogP contribution in [0.15, 0.2) is 12.3 Å². The molecule has 0 aromatic carbocycles. The van der Waals surface area contributed by atoms with E-state index in [0.717, 1.165) is 24.2 Å². The summed E-state index contributed by atoms with van der Waals surface area (Å²) in [6.45, 7) is 0. The summed E-state index contributed by atoms with van der Waals surface area (Å²) in [5, 5.41) is 0. The molecular formula is C9H9NOS. The lowest BCUT2D eigenvalue weighted by atomic mass is 10.1. The van der Waals surface area contributed by atoms with Gasteiger partial charge in [-0.15, -0.1) is 0 Å². The summed E-state index contributed by atoms with van der Waals surface area (Å²) in [6, 6.07) is 1.95. The summed E-state index contributed by atoms with van der Waals surface area (Å²) < 4.78 is 0. The SMILES string of the molecule is O=Cc1cnc2c(c1)CSCC2. The zero-order chi connectivity index (χ0) is 8.39. The van der Waals surface area contributed by atoms with E-state index in [4.69, 9.17) is 0 Å². The molecule has 1 aliphatic rings. The predicted molar refractivity (Wildman–Crippen MR) is 49.5 cm³/mol. The monoisotopic (exact) mass is 179 g/mol. The van der Waals surface area contributed by atoms with Crippen molar-refractivity contribution in [3.63, 3.8) is 0 Å². The van der Waals surface area contributed by atoms with Gasteiger partial charge in [0.2, 0.25) is 0 Å². The first-order valence-corrected chi connectivity index (χ1v) is 5.06. The second kappa shape index (κ2) is 3.27. The van der Waals surface area contributed by atoms with Crippen LogP contribution >= 0.6 is 11.8 Å². The molecule has 2 rings (SSSR count). The third-order valence-electron chi connectivity index (χ3n) is 1.96. The van der Waals surface area contributed by atoms with Gasteiger partial charge in [-0.25, -0.2) is 0 Å². The van der Waals surface area contributed by atoms with Crippen molar-refractivity contribution in [3.05, 3.63) is 29.1 Å². The highest BCUT2D eigenvalue weighted by atomic mass is 32.2. The van der Waals surface area contributed by atoms with Gasteiger partial charge in [-0.05, 0) is 23.8 Å². The Kier molecular flexibility index (Phi) is 2.13. The van der Waals surface area contributed by atoms with Gasteiger partial charge in [-0.1, -0.05) is 0 Å². The number of thioether (sulfide) groups is 1. The van der Waals surface area contributed by atoms with Crippen molar-refractivity contribution in [2.45, 2.75) is 12.2 Å². The lowest BCUT2D eigenvalue weighted by Crippen LogP contribution is -2.05. The highest BCUT2D eigenvalue weighted by molar-refractivity contribution is 7.98. The summed E-state index contributed by atoms with van der Waals surface area (Å²) in [5.41, 5.74) is 3.09. The van der Waals surface area contributed by atoms with E-state index in [-0.39, 0.29) is 0 Å². The Morgan fingerprint density at radius 1 is 1.58 bits per heavy atom. The van der Waals surface area contributed by atoms with Crippen LogP contribution in [-0.4, -0.2) is 17.0 Å². The Labute approximate surface area is 75.4 Å². The third kappa shape index (κ3) is 1.37. The van der Waals surface area contributed by atoms with Crippen molar-refractivity contribution in [1.29, 1.82) is 0 Å². The van der Waals surface area contributed by atoms with E-state index >= 15 is 0 Å². The van der Waals surface area contributed by atoms with E-state index in [9.17, 15) is 4.79 Å². The van der Waals surface area contributed by atoms with Crippen LogP contribution in [0.5, 0.6) is 0 Å². The number of rotatable bonds is 1. The molecule has 0 amide bonds. The first kappa shape index (κ1) is 7.80. The molecule has 1 aromatic rings. The summed E-state index contributed by atoms with van der Waals surface area (Å²) in [6.07, 6.45) is 3.55. The fraction of sp³-hybridized carbons (Fsp3) is 0.333. The Morgan fingerprint density at radius 2 is 2.50 bits per heavy atom. The number of aryl methyl sites for hydroxylation is 1. The van der Waals surface area contributed by atoms with Gasteiger partial charge in [0.05, 0.1) is 0 Å². The lowest BCUT2D eigenvalue weighted by Gasteiger charge is -2.13. The topological polar surface area (TPSA) is 30.0 Å². The van der Waals surface area contributed by atoms with Crippen LogP contribution in [0.3, 0.4) is 0 Å². The first-order chi connectivity index (χ1) is 5.90. The fourth-order valence-corrected chi connectivity index (χ4v) is 2.27. The van der Waals surface area contributed by atoms with Gasteiger partial charge in [-0.3, -0.25) is 9.78 Å². The molecule has 0 N–H and O–H groups in total. The van der Waals surface area contributed by atoms with Gasteiger partial charge in [0.15, 0.2) is 6.29 Å². The second-order valence-corrected chi connectivity index (χ2v) is 3.90. The predicted octanol–water partition coefficient (Wildman–Crippen LogP) is 1.68. The van der Waals surface area contributed by atoms with Crippen molar-refractivity contribution in [2.75, 3.05) is 5.75 Å². The van der Waals surface area contributed by atoms with Crippen LogP contribution in [0.2, 0.25) is 0 Å². The molecule has 0 unspecified atom stereocenters. The van der Waals surface area contributed by atoms with E-state index < -0.39 is 0 Å². The Hall–Kier alpha value is -0.830. The van der Waals surface area contributed by atoms with Gasteiger partial charge < -0.3 is 0 Å². The fourth-order valence-electron chi connectivity index (χ4n) is 1.32. The molecule has 0 aliphatic carbocycles. The molecule has 3 heteroatoms. The maximum atomic E-state index is 10.4. The summed E-state index contributed by atoms with van der Waals surface area (Å²) in [4.78, 5) is 14.7. The largest absolute Gasteiger partial charge is 0.298 e. The average molecular weight is 179 g/mol. The van der Waals surface area contributed by atoms with Crippen molar-refractivity contribution in [1.82, 2.24) is 4.98 Å². The molecule has 0 bridgehead atoms. The van der Waals surface area contributed by atoms with Crippen LogP contribution in [0.1, 0.15) is 21.6 Å². The van der Waals surface area contributed by atoms with Gasteiger partial charge >= 0.3 is 0 Å². The van der Waals surface area contributed by atoms with Crippen molar-refractivity contribution < 1.29 is 4.79 Å². The molecule has 1 aromatic heterocycles. The molecule has 1 aliphatic heterocycles. The minimum Gasteiger partial charge on any atom is -0.298 e. The van der Waals surface area contributed by atoms with Gasteiger partial charge in [0.1, 0.15) is 0 Å². The number of aldehydes is 1. The number of hydrogen-bond acceptors (Lipinski definition) is 3. The number of carbonyl (C=O) groups excluding carboxylic acids is 1. The van der Waals surface area contributed by atoms with E-state index in [1.54, 1.807) is 6.20 Å². The third-order valence-corrected chi connectivity index (χ3v) is 2.97. The molecule has 2 heterocycles. The van der Waals surface area contributed by atoms with Crippen LogP contribution in [0.4, 0.5) is 0 Å². The van der Waals surface area contributed by atoms with E-state index in [1.807, 2.05) is 17.8 Å². The van der Waals surface area contributed by atoms with Crippen molar-refractivity contribution >= 4 is 18.0 Å². The van der Waals surface area contributed by atoms with E-state index in [1.165, 1.54) is 11.3 Å². The van der Waals surface area contributed by atoms with Gasteiger partial charge in [-0.2, -0.15) is 11.8 Å². The minimum absolute atomic E-state index is 0.691. The molecule has 0 atom stereocenters. The highest BCUT2D eigenvalue weighted by Gasteiger charge is 2.10. The van der Waals surface area contributed by atoms with Crippen LogP contribution in [0, 0.1) is 0 Å². The van der Waals surface area contributed by atoms with Crippen molar-refractivity contribution in [2.24, 2.45) is 0 Å². The molecule has 12 heavy (non-hydrogen) atoms. The standard InChI is InChI=1S/C9H9NOS/c11-5-7-3-8-6-12-2-1-9(8)10-4-7/h3-5H,1-2,6H2. The Bertz CT molecular complexity index is 311. The Morgan fingerprint density at radius 3 is 3.33 bits per heavy atom. The quantitative estimate of drug-likeness (QED) is 0.614. The maximum absolute atomic E-state index is 10.4. The number of carbonyl (C=O) groups is 1. The molecule has 0 radical (unpaired) electrons. The molecule has 0 spiro atoms. The number of aromatic nitrogens is 1. The number of fused-ring (bicyclic) bond motifs is 1. The minimum atomic E-state index is 0.691. The second-order valence-electron chi connectivity index (χ2n) is 2.79. The van der Waals surface area contributed by atoms with E-state index in [2.05, 4.69) is 4.98 Å². The van der Waals surface area contributed by atoms with E-state index in [0.29, 0.717) is 5.56 Å². The van der Waals surface area contributed by atoms with Crippen LogP contribution < -0.4 is 0 Å². The zero-order valence-electron chi connectivity index (χ0n) is 6.62. The first-order valence-electron chi connectivity index (χ1n) is 3.91. The smallest absolute Gasteiger partial charge is 0.151 e. The molecule has 0 fully saturated rings. The lowest BCUT2D eigenvalue weighted by molar-refractivity contribution is 0.112. The molecule has 0 saturated carbocycles. The molecule has 0 saturated heterocycles. The van der Waals surface area contributed by atoms with Crippen LogP contribution in [-0.2, 0) is 12.2 Å².